The average molecular weight is 377 g/mol. The van der Waals surface area contributed by atoms with Crippen molar-refractivity contribution in [2.75, 3.05) is 11.9 Å². The lowest BCUT2D eigenvalue weighted by Gasteiger charge is -2.11. The Morgan fingerprint density at radius 2 is 2.10 bits per heavy atom. The van der Waals surface area contributed by atoms with Gasteiger partial charge in [0.2, 0.25) is 5.88 Å². The summed E-state index contributed by atoms with van der Waals surface area (Å²) in [5, 5.41) is 3.96. The Labute approximate surface area is 135 Å². The van der Waals surface area contributed by atoms with Gasteiger partial charge in [0, 0.05) is 6.54 Å². The molecule has 0 spiro atoms. The van der Waals surface area contributed by atoms with Gasteiger partial charge in [-0.15, -0.1) is 0 Å². The summed E-state index contributed by atoms with van der Waals surface area (Å²) in [6.07, 6.45) is 2.42. The van der Waals surface area contributed by atoms with Crippen molar-refractivity contribution in [1.29, 1.82) is 0 Å². The number of rotatable bonds is 5. The molecule has 20 heavy (non-hydrogen) atoms. The van der Waals surface area contributed by atoms with Crippen LogP contribution in [0.4, 0.5) is 5.82 Å². The van der Waals surface area contributed by atoms with E-state index in [0.29, 0.717) is 32.0 Å². The quantitative estimate of drug-likeness (QED) is 0.782. The number of halogens is 3. The van der Waals surface area contributed by atoms with Crippen LogP contribution in [-0.2, 0) is 0 Å². The van der Waals surface area contributed by atoms with Crippen LogP contribution < -0.4 is 10.1 Å². The van der Waals surface area contributed by atoms with Crippen LogP contribution in [0.25, 0.3) is 0 Å². The van der Waals surface area contributed by atoms with E-state index in [-0.39, 0.29) is 0 Å². The summed E-state index contributed by atoms with van der Waals surface area (Å²) in [7, 11) is 0. The maximum atomic E-state index is 6.09. The van der Waals surface area contributed by atoms with E-state index in [0.717, 1.165) is 13.0 Å². The number of ether oxygens (including phenoxy) is 1. The maximum absolute atomic E-state index is 6.09. The second-order valence-corrected chi connectivity index (χ2v) is 5.50. The second-order valence-electron chi connectivity index (χ2n) is 3.92. The van der Waals surface area contributed by atoms with Gasteiger partial charge in [0.05, 0.1) is 5.02 Å². The van der Waals surface area contributed by atoms with Gasteiger partial charge in [0.25, 0.3) is 0 Å². The summed E-state index contributed by atoms with van der Waals surface area (Å²) in [5.41, 5.74) is 0. The van der Waals surface area contributed by atoms with E-state index in [1.54, 1.807) is 18.2 Å². The van der Waals surface area contributed by atoms with E-state index < -0.39 is 0 Å². The van der Waals surface area contributed by atoms with Gasteiger partial charge in [-0.25, -0.2) is 9.97 Å². The Kier molecular flexibility index (Phi) is 5.46. The molecule has 7 heteroatoms. The van der Waals surface area contributed by atoms with Gasteiger partial charge in [-0.2, -0.15) is 0 Å². The van der Waals surface area contributed by atoms with E-state index in [2.05, 4.69) is 38.1 Å². The fourth-order valence-electron chi connectivity index (χ4n) is 1.46. The fraction of sp³-hybridized carbons (Fsp3) is 0.231. The van der Waals surface area contributed by atoms with Crippen LogP contribution in [0.1, 0.15) is 13.3 Å². The van der Waals surface area contributed by atoms with Crippen LogP contribution in [0, 0.1) is 0 Å². The Morgan fingerprint density at radius 1 is 1.30 bits per heavy atom. The number of nitrogens with zero attached hydrogens (tertiary/aromatic N) is 2. The summed E-state index contributed by atoms with van der Waals surface area (Å²) < 4.78 is 6.33. The van der Waals surface area contributed by atoms with Crippen LogP contribution in [0.5, 0.6) is 11.6 Å². The summed E-state index contributed by atoms with van der Waals surface area (Å²) in [4.78, 5) is 8.24. The van der Waals surface area contributed by atoms with E-state index >= 15 is 0 Å². The summed E-state index contributed by atoms with van der Waals surface area (Å²) in [5.74, 6) is 1.50. The van der Waals surface area contributed by atoms with Crippen molar-refractivity contribution in [1.82, 2.24) is 9.97 Å². The first kappa shape index (κ1) is 15.4. The normalized spacial score (nSPS) is 10.4. The molecule has 2 aromatic rings. The van der Waals surface area contributed by atoms with Crippen molar-refractivity contribution in [3.8, 4) is 11.6 Å². The zero-order valence-corrected chi connectivity index (χ0v) is 13.8. The Balaban J connectivity index is 2.27. The molecule has 0 atom stereocenters. The fourth-order valence-corrected chi connectivity index (χ4v) is 2.21. The van der Waals surface area contributed by atoms with Crippen molar-refractivity contribution in [2.45, 2.75) is 13.3 Å². The van der Waals surface area contributed by atoms with E-state index in [4.69, 9.17) is 27.9 Å². The molecule has 0 bridgehead atoms. The zero-order valence-electron chi connectivity index (χ0n) is 10.7. The number of benzene rings is 1. The average Bonchev–Trinajstić information content (AvgIpc) is 2.44. The molecule has 1 aromatic carbocycles. The molecule has 1 N–H and O–H groups in total. The molecule has 0 amide bonds. The highest BCUT2D eigenvalue weighted by atomic mass is 79.9. The molecule has 0 saturated carbocycles. The van der Waals surface area contributed by atoms with Gasteiger partial charge < -0.3 is 10.1 Å². The van der Waals surface area contributed by atoms with Gasteiger partial charge in [0.15, 0.2) is 0 Å². The van der Waals surface area contributed by atoms with E-state index in [1.807, 2.05) is 0 Å². The summed E-state index contributed by atoms with van der Waals surface area (Å²) in [6.45, 7) is 2.89. The molecule has 0 aliphatic rings. The molecule has 0 saturated heterocycles. The van der Waals surface area contributed by atoms with Crippen LogP contribution in [0.3, 0.4) is 0 Å². The van der Waals surface area contributed by atoms with E-state index in [1.165, 1.54) is 6.33 Å². The molecule has 1 heterocycles. The first-order chi connectivity index (χ1) is 9.63. The Hall–Kier alpha value is -1.04. The van der Waals surface area contributed by atoms with Gasteiger partial charge >= 0.3 is 0 Å². The predicted molar refractivity (Wildman–Crippen MR) is 85.0 cm³/mol. The minimum Gasteiger partial charge on any atom is -0.436 e. The summed E-state index contributed by atoms with van der Waals surface area (Å²) >= 11 is 15.5. The van der Waals surface area contributed by atoms with Gasteiger partial charge in [-0.3, -0.25) is 0 Å². The first-order valence-corrected chi connectivity index (χ1v) is 7.54. The van der Waals surface area contributed by atoms with Crippen LogP contribution >= 0.6 is 39.1 Å². The molecule has 2 rings (SSSR count). The molecule has 0 unspecified atom stereocenters. The highest BCUT2D eigenvalue weighted by Gasteiger charge is 2.13. The molecular formula is C13H12BrCl2N3O. The third-order valence-electron chi connectivity index (χ3n) is 2.42. The lowest BCUT2D eigenvalue weighted by molar-refractivity contribution is 0.458. The van der Waals surface area contributed by atoms with Crippen LogP contribution in [0.15, 0.2) is 29.0 Å². The smallest absolute Gasteiger partial charge is 0.238 e. The van der Waals surface area contributed by atoms with Gasteiger partial charge in [-0.05, 0) is 34.5 Å². The van der Waals surface area contributed by atoms with Crippen molar-refractivity contribution in [3.05, 3.63) is 39.0 Å². The van der Waals surface area contributed by atoms with Crippen molar-refractivity contribution < 1.29 is 4.74 Å². The molecule has 0 aliphatic carbocycles. The number of anilines is 1. The van der Waals surface area contributed by atoms with Crippen molar-refractivity contribution >= 4 is 44.9 Å². The van der Waals surface area contributed by atoms with Crippen molar-refractivity contribution in [2.24, 2.45) is 0 Å². The highest BCUT2D eigenvalue weighted by Crippen LogP contribution is 2.37. The minimum atomic E-state index is 0.350. The lowest BCUT2D eigenvalue weighted by atomic mass is 10.3. The van der Waals surface area contributed by atoms with E-state index in [9.17, 15) is 0 Å². The lowest BCUT2D eigenvalue weighted by Crippen LogP contribution is -2.04. The highest BCUT2D eigenvalue weighted by molar-refractivity contribution is 9.10. The Bertz CT molecular complexity index is 610. The minimum absolute atomic E-state index is 0.350. The second kappa shape index (κ2) is 7.11. The Morgan fingerprint density at radius 3 is 2.85 bits per heavy atom. The number of hydrogen-bond donors (Lipinski definition) is 1. The SMILES string of the molecule is CCCNc1ncnc(Oc2cccc(Cl)c2Cl)c1Br. The van der Waals surface area contributed by atoms with Crippen LogP contribution in [-0.4, -0.2) is 16.5 Å². The molecular weight excluding hydrogens is 365 g/mol. The first-order valence-electron chi connectivity index (χ1n) is 5.99. The van der Waals surface area contributed by atoms with Gasteiger partial charge in [-0.1, -0.05) is 36.2 Å². The number of nitrogens with one attached hydrogen (secondary N) is 1. The molecule has 0 radical (unpaired) electrons. The monoisotopic (exact) mass is 375 g/mol. The van der Waals surface area contributed by atoms with Crippen molar-refractivity contribution in [3.63, 3.8) is 0 Å². The molecule has 4 nitrogen and oxygen atoms in total. The molecule has 106 valence electrons. The number of hydrogen-bond acceptors (Lipinski definition) is 4. The largest absolute Gasteiger partial charge is 0.436 e. The topological polar surface area (TPSA) is 47.0 Å². The standard InChI is InChI=1S/C13H12BrCl2N3O/c1-2-6-17-12-10(14)13(19-7-18-12)20-9-5-3-4-8(15)11(9)16/h3-5,7H,2,6H2,1H3,(H,17,18,19). The third kappa shape index (κ3) is 3.53. The maximum Gasteiger partial charge on any atom is 0.238 e. The van der Waals surface area contributed by atoms with Gasteiger partial charge in [0.1, 0.15) is 27.4 Å². The van der Waals surface area contributed by atoms with Crippen LogP contribution in [0.2, 0.25) is 10.0 Å². The zero-order chi connectivity index (χ0) is 14.5. The third-order valence-corrected chi connectivity index (χ3v) is 3.94. The predicted octanol–water partition coefficient (Wildman–Crippen LogP) is 5.16. The molecule has 0 aliphatic heterocycles. The molecule has 1 aromatic heterocycles. The summed E-state index contributed by atoms with van der Waals surface area (Å²) in [6, 6.07) is 5.18. The number of aromatic nitrogens is 2. The molecule has 0 fully saturated rings.